The standard InChI is InChI=1S/C11H10N2O5S2/c1-6-12-5-10(19-6)20(17,18)13-9-3-2-7(14)4-8(9)11(15)16/h2-5,13-14H,1H3,(H,15,16). The number of nitrogens with zero attached hydrogens (tertiary/aromatic N) is 1. The van der Waals surface area contributed by atoms with E-state index in [2.05, 4.69) is 9.71 Å². The molecule has 0 fully saturated rings. The number of benzene rings is 1. The Bertz CT molecular complexity index is 767. The number of nitrogens with one attached hydrogen (secondary N) is 1. The zero-order chi connectivity index (χ0) is 14.9. The summed E-state index contributed by atoms with van der Waals surface area (Å²) in [6.45, 7) is 1.66. The van der Waals surface area contributed by atoms with Gasteiger partial charge in [-0.2, -0.15) is 0 Å². The fourth-order valence-corrected chi connectivity index (χ4v) is 3.65. The van der Waals surface area contributed by atoms with Gasteiger partial charge in [-0.1, -0.05) is 0 Å². The number of aromatic carboxylic acids is 1. The number of rotatable bonds is 4. The van der Waals surface area contributed by atoms with Crippen LogP contribution in [0.4, 0.5) is 5.69 Å². The minimum Gasteiger partial charge on any atom is -0.508 e. The molecular weight excluding hydrogens is 304 g/mol. The van der Waals surface area contributed by atoms with Crippen molar-refractivity contribution in [3.8, 4) is 5.75 Å². The van der Waals surface area contributed by atoms with E-state index in [1.54, 1.807) is 6.92 Å². The van der Waals surface area contributed by atoms with Gasteiger partial charge in [0.05, 0.1) is 22.5 Å². The average molecular weight is 314 g/mol. The summed E-state index contributed by atoms with van der Waals surface area (Å²) in [5.74, 6) is -1.61. The Morgan fingerprint density at radius 3 is 2.65 bits per heavy atom. The predicted octanol–water partition coefficient (Wildman–Crippen LogP) is 1.66. The number of carboxylic acids is 1. The number of carbonyl (C=O) groups is 1. The van der Waals surface area contributed by atoms with Gasteiger partial charge >= 0.3 is 5.97 Å². The van der Waals surface area contributed by atoms with Gasteiger partial charge in [0.15, 0.2) is 4.21 Å². The highest BCUT2D eigenvalue weighted by Gasteiger charge is 2.20. The molecule has 0 radical (unpaired) electrons. The molecule has 1 aromatic carbocycles. The molecule has 0 spiro atoms. The van der Waals surface area contributed by atoms with Crippen molar-refractivity contribution in [2.75, 3.05) is 4.72 Å². The summed E-state index contributed by atoms with van der Waals surface area (Å²) in [6, 6.07) is 3.35. The van der Waals surface area contributed by atoms with Crippen LogP contribution in [-0.4, -0.2) is 29.6 Å². The van der Waals surface area contributed by atoms with Crippen molar-refractivity contribution in [3.05, 3.63) is 35.0 Å². The van der Waals surface area contributed by atoms with E-state index in [1.165, 1.54) is 18.3 Å². The lowest BCUT2D eigenvalue weighted by Crippen LogP contribution is -2.14. The summed E-state index contributed by atoms with van der Waals surface area (Å²) in [7, 11) is -3.90. The summed E-state index contributed by atoms with van der Waals surface area (Å²) in [4.78, 5) is 14.9. The Hall–Kier alpha value is -2.13. The number of hydrogen-bond acceptors (Lipinski definition) is 6. The molecule has 7 nitrogen and oxygen atoms in total. The van der Waals surface area contributed by atoms with Gasteiger partial charge in [0, 0.05) is 0 Å². The van der Waals surface area contributed by atoms with Crippen LogP contribution in [0.2, 0.25) is 0 Å². The van der Waals surface area contributed by atoms with E-state index < -0.39 is 16.0 Å². The van der Waals surface area contributed by atoms with Crippen molar-refractivity contribution >= 4 is 33.0 Å². The lowest BCUT2D eigenvalue weighted by atomic mass is 10.2. The van der Waals surface area contributed by atoms with Gasteiger partial charge in [-0.3, -0.25) is 4.72 Å². The topological polar surface area (TPSA) is 117 Å². The fraction of sp³-hybridized carbons (Fsp3) is 0.0909. The van der Waals surface area contributed by atoms with Crippen LogP contribution >= 0.6 is 11.3 Å². The number of phenolic OH excluding ortho intramolecular Hbond substituents is 1. The van der Waals surface area contributed by atoms with E-state index in [4.69, 9.17) is 5.11 Å². The number of aromatic hydroxyl groups is 1. The van der Waals surface area contributed by atoms with Crippen molar-refractivity contribution in [3.63, 3.8) is 0 Å². The first-order chi connectivity index (χ1) is 9.29. The third-order valence-electron chi connectivity index (χ3n) is 2.34. The first kappa shape index (κ1) is 14.3. The van der Waals surface area contributed by atoms with E-state index in [0.717, 1.165) is 17.4 Å². The van der Waals surface area contributed by atoms with Crippen LogP contribution in [-0.2, 0) is 10.0 Å². The smallest absolute Gasteiger partial charge is 0.337 e. The molecule has 0 unspecified atom stereocenters. The Labute approximate surface area is 118 Å². The van der Waals surface area contributed by atoms with Crippen LogP contribution in [0.15, 0.2) is 28.6 Å². The lowest BCUT2D eigenvalue weighted by Gasteiger charge is -2.09. The van der Waals surface area contributed by atoms with E-state index in [0.29, 0.717) is 5.01 Å². The minimum absolute atomic E-state index is 0.0144. The summed E-state index contributed by atoms with van der Waals surface area (Å²) >= 11 is 0.973. The number of sulfonamides is 1. The number of hydrogen-bond donors (Lipinski definition) is 3. The molecule has 0 atom stereocenters. The third-order valence-corrected chi connectivity index (χ3v) is 5.08. The maximum Gasteiger partial charge on any atom is 0.337 e. The highest BCUT2D eigenvalue weighted by Crippen LogP contribution is 2.26. The number of aryl methyl sites for hydroxylation is 1. The second-order valence-electron chi connectivity index (χ2n) is 3.84. The van der Waals surface area contributed by atoms with Crippen molar-refractivity contribution in [1.82, 2.24) is 4.98 Å². The monoisotopic (exact) mass is 314 g/mol. The van der Waals surface area contributed by atoms with Crippen LogP contribution in [0, 0.1) is 6.92 Å². The molecule has 9 heteroatoms. The zero-order valence-corrected chi connectivity index (χ0v) is 11.8. The molecule has 0 amide bonds. The molecule has 0 saturated heterocycles. The normalized spacial score (nSPS) is 11.2. The lowest BCUT2D eigenvalue weighted by molar-refractivity contribution is 0.0697. The van der Waals surface area contributed by atoms with Crippen LogP contribution in [0.1, 0.15) is 15.4 Å². The van der Waals surface area contributed by atoms with Crippen LogP contribution in [0.3, 0.4) is 0 Å². The van der Waals surface area contributed by atoms with Gasteiger partial charge in [0.25, 0.3) is 10.0 Å². The molecule has 2 rings (SSSR count). The highest BCUT2D eigenvalue weighted by atomic mass is 32.2. The second-order valence-corrected chi connectivity index (χ2v) is 6.98. The molecule has 20 heavy (non-hydrogen) atoms. The molecule has 3 N–H and O–H groups in total. The van der Waals surface area contributed by atoms with Crippen LogP contribution < -0.4 is 4.72 Å². The highest BCUT2D eigenvalue weighted by molar-refractivity contribution is 7.94. The molecule has 106 valence electrons. The van der Waals surface area contributed by atoms with Gasteiger partial charge in [-0.25, -0.2) is 18.2 Å². The number of aromatic nitrogens is 1. The Balaban J connectivity index is 2.42. The summed E-state index contributed by atoms with van der Waals surface area (Å²) < 4.78 is 26.3. The van der Waals surface area contributed by atoms with Crippen molar-refractivity contribution in [2.45, 2.75) is 11.1 Å². The van der Waals surface area contributed by atoms with E-state index >= 15 is 0 Å². The quantitative estimate of drug-likeness (QED) is 0.739. The van der Waals surface area contributed by atoms with Gasteiger partial charge in [-0.15, -0.1) is 11.3 Å². The number of anilines is 1. The molecule has 0 aliphatic rings. The summed E-state index contributed by atoms with van der Waals surface area (Å²) in [6.07, 6.45) is 1.20. The molecule has 2 aromatic rings. The minimum atomic E-state index is -3.90. The van der Waals surface area contributed by atoms with Crippen LogP contribution in [0.5, 0.6) is 5.75 Å². The molecule has 0 aliphatic carbocycles. The largest absolute Gasteiger partial charge is 0.508 e. The molecule has 1 aromatic heterocycles. The zero-order valence-electron chi connectivity index (χ0n) is 10.2. The maximum atomic E-state index is 12.1. The Morgan fingerprint density at radius 2 is 2.10 bits per heavy atom. The third kappa shape index (κ3) is 2.89. The van der Waals surface area contributed by atoms with Crippen molar-refractivity contribution in [2.24, 2.45) is 0 Å². The first-order valence-electron chi connectivity index (χ1n) is 5.31. The first-order valence-corrected chi connectivity index (χ1v) is 7.61. The predicted molar refractivity (Wildman–Crippen MR) is 72.7 cm³/mol. The van der Waals surface area contributed by atoms with E-state index in [9.17, 15) is 18.3 Å². The van der Waals surface area contributed by atoms with E-state index in [1.807, 2.05) is 0 Å². The second kappa shape index (κ2) is 5.10. The van der Waals surface area contributed by atoms with Gasteiger partial charge in [-0.05, 0) is 25.1 Å². The van der Waals surface area contributed by atoms with Crippen LogP contribution in [0.25, 0.3) is 0 Å². The van der Waals surface area contributed by atoms with E-state index in [-0.39, 0.29) is 21.2 Å². The maximum absolute atomic E-state index is 12.1. The Kier molecular flexibility index (Phi) is 3.64. The Morgan fingerprint density at radius 1 is 1.40 bits per heavy atom. The molecule has 0 saturated carbocycles. The molecule has 0 bridgehead atoms. The number of thiazole rings is 1. The number of carboxylic acid groups (broad SMARTS) is 1. The number of phenols is 1. The summed E-state index contributed by atoms with van der Waals surface area (Å²) in [5, 5.41) is 18.8. The van der Waals surface area contributed by atoms with Gasteiger partial charge in [0.1, 0.15) is 5.75 Å². The SMILES string of the molecule is Cc1ncc(S(=O)(=O)Nc2ccc(O)cc2C(=O)O)s1. The average Bonchev–Trinajstić information content (AvgIpc) is 2.78. The van der Waals surface area contributed by atoms with Crippen molar-refractivity contribution < 1.29 is 23.4 Å². The molecule has 1 heterocycles. The molecule has 0 aliphatic heterocycles. The molecular formula is C11H10N2O5S2. The summed E-state index contributed by atoms with van der Waals surface area (Å²) in [5.41, 5.74) is -0.462. The van der Waals surface area contributed by atoms with Gasteiger partial charge < -0.3 is 10.2 Å². The van der Waals surface area contributed by atoms with Gasteiger partial charge in [0.2, 0.25) is 0 Å². The van der Waals surface area contributed by atoms with Crippen molar-refractivity contribution in [1.29, 1.82) is 0 Å². The fourth-order valence-electron chi connectivity index (χ4n) is 1.46.